The standard InChI is InChI=1S/C23H23FO2/c1-2-16-3-6-18(7-4-16)19-8-10-20(11-9-19)25-14-17-5-12-21(22(24)13-17)23-15-26-23/h2-3,5-6,8-13,16,18,23H,1,4,7,14-15H2. The van der Waals surface area contributed by atoms with Crippen molar-refractivity contribution in [1.82, 2.24) is 0 Å². The monoisotopic (exact) mass is 350 g/mol. The van der Waals surface area contributed by atoms with E-state index in [0.717, 1.165) is 24.2 Å². The van der Waals surface area contributed by atoms with Gasteiger partial charge in [0.1, 0.15) is 24.3 Å². The zero-order valence-corrected chi connectivity index (χ0v) is 14.7. The summed E-state index contributed by atoms with van der Waals surface area (Å²) < 4.78 is 25.0. The van der Waals surface area contributed by atoms with Gasteiger partial charge in [0.2, 0.25) is 0 Å². The quantitative estimate of drug-likeness (QED) is 0.491. The fourth-order valence-corrected chi connectivity index (χ4v) is 3.44. The van der Waals surface area contributed by atoms with Crippen molar-refractivity contribution in [2.45, 2.75) is 31.5 Å². The van der Waals surface area contributed by atoms with Gasteiger partial charge in [-0.3, -0.25) is 0 Å². The van der Waals surface area contributed by atoms with Crippen LogP contribution >= 0.6 is 0 Å². The molecule has 2 aromatic rings. The smallest absolute Gasteiger partial charge is 0.129 e. The fraction of sp³-hybridized carbons (Fsp3) is 0.304. The molecule has 1 saturated heterocycles. The van der Waals surface area contributed by atoms with E-state index in [9.17, 15) is 4.39 Å². The van der Waals surface area contributed by atoms with Crippen LogP contribution in [0.1, 0.15) is 41.6 Å². The molecule has 1 aliphatic heterocycles. The Kier molecular flexibility index (Phi) is 4.89. The molecule has 2 aromatic carbocycles. The van der Waals surface area contributed by atoms with Crippen molar-refractivity contribution in [2.24, 2.45) is 5.92 Å². The molecule has 0 saturated carbocycles. The molecule has 0 bridgehead atoms. The highest BCUT2D eigenvalue weighted by Gasteiger charge is 2.27. The minimum atomic E-state index is -0.217. The highest BCUT2D eigenvalue weighted by atomic mass is 19.1. The summed E-state index contributed by atoms with van der Waals surface area (Å²) in [6, 6.07) is 13.4. The average molecular weight is 350 g/mol. The van der Waals surface area contributed by atoms with Gasteiger partial charge in [0, 0.05) is 11.5 Å². The summed E-state index contributed by atoms with van der Waals surface area (Å²) >= 11 is 0. The Morgan fingerprint density at radius 3 is 2.54 bits per heavy atom. The Morgan fingerprint density at radius 2 is 1.92 bits per heavy atom. The van der Waals surface area contributed by atoms with Crippen LogP contribution in [0.25, 0.3) is 0 Å². The number of rotatable bonds is 6. The molecule has 4 rings (SSSR count). The van der Waals surface area contributed by atoms with E-state index in [1.807, 2.05) is 24.3 Å². The molecular formula is C23H23FO2. The van der Waals surface area contributed by atoms with Crippen molar-refractivity contribution in [3.8, 4) is 5.75 Å². The van der Waals surface area contributed by atoms with Gasteiger partial charge in [0.15, 0.2) is 0 Å². The first-order chi connectivity index (χ1) is 12.7. The molecule has 0 N–H and O–H groups in total. The molecule has 3 atom stereocenters. The lowest BCUT2D eigenvalue weighted by molar-refractivity contribution is 0.305. The summed E-state index contributed by atoms with van der Waals surface area (Å²) in [5, 5.41) is 0. The first kappa shape index (κ1) is 17.0. The summed E-state index contributed by atoms with van der Waals surface area (Å²) in [6.45, 7) is 4.83. The molecule has 0 amide bonds. The summed E-state index contributed by atoms with van der Waals surface area (Å²) in [7, 11) is 0. The predicted molar refractivity (Wildman–Crippen MR) is 101 cm³/mol. The molecule has 1 fully saturated rings. The van der Waals surface area contributed by atoms with Crippen LogP contribution in [0.3, 0.4) is 0 Å². The first-order valence-electron chi connectivity index (χ1n) is 9.16. The van der Waals surface area contributed by atoms with E-state index in [-0.39, 0.29) is 11.9 Å². The molecule has 0 spiro atoms. The van der Waals surface area contributed by atoms with Crippen molar-refractivity contribution >= 4 is 0 Å². The number of hydrogen-bond donors (Lipinski definition) is 0. The predicted octanol–water partition coefficient (Wildman–Crippen LogP) is 5.71. The van der Waals surface area contributed by atoms with Crippen LogP contribution in [0.4, 0.5) is 4.39 Å². The topological polar surface area (TPSA) is 21.8 Å². The SMILES string of the molecule is C=CC1C=CC(c2ccc(OCc3ccc(C4CO4)c(F)c3)cc2)CC1. The van der Waals surface area contributed by atoms with Gasteiger partial charge in [-0.25, -0.2) is 4.39 Å². The van der Waals surface area contributed by atoms with Crippen molar-refractivity contribution < 1.29 is 13.9 Å². The van der Waals surface area contributed by atoms with Gasteiger partial charge in [0.05, 0.1) is 6.61 Å². The van der Waals surface area contributed by atoms with E-state index in [1.165, 1.54) is 11.6 Å². The highest BCUT2D eigenvalue weighted by molar-refractivity contribution is 5.33. The molecule has 3 heteroatoms. The summed E-state index contributed by atoms with van der Waals surface area (Å²) in [4.78, 5) is 0. The van der Waals surface area contributed by atoms with Crippen LogP contribution in [0.15, 0.2) is 67.3 Å². The van der Waals surface area contributed by atoms with Crippen molar-refractivity contribution in [3.63, 3.8) is 0 Å². The Hall–Kier alpha value is -2.39. The summed E-state index contributed by atoms with van der Waals surface area (Å²) in [5.41, 5.74) is 2.76. The van der Waals surface area contributed by atoms with E-state index in [0.29, 0.717) is 30.6 Å². The van der Waals surface area contributed by atoms with E-state index in [2.05, 4.69) is 30.9 Å². The molecular weight excluding hydrogens is 327 g/mol. The van der Waals surface area contributed by atoms with Gasteiger partial charge in [-0.2, -0.15) is 0 Å². The largest absolute Gasteiger partial charge is 0.489 e. The van der Waals surface area contributed by atoms with Crippen LogP contribution < -0.4 is 4.74 Å². The average Bonchev–Trinajstić information content (AvgIpc) is 3.52. The molecule has 2 nitrogen and oxygen atoms in total. The number of hydrogen-bond acceptors (Lipinski definition) is 2. The second kappa shape index (κ2) is 7.46. The van der Waals surface area contributed by atoms with E-state index >= 15 is 0 Å². The molecule has 2 aliphatic rings. The van der Waals surface area contributed by atoms with Crippen LogP contribution in [0.5, 0.6) is 5.75 Å². The molecule has 0 radical (unpaired) electrons. The number of ether oxygens (including phenoxy) is 2. The van der Waals surface area contributed by atoms with Gasteiger partial charge < -0.3 is 9.47 Å². The Bertz CT molecular complexity index is 805. The minimum absolute atomic E-state index is 0.0619. The maximum absolute atomic E-state index is 14.0. The van der Waals surface area contributed by atoms with E-state index in [1.54, 1.807) is 6.07 Å². The second-order valence-electron chi connectivity index (χ2n) is 7.00. The Labute approximate surface area is 154 Å². The van der Waals surface area contributed by atoms with Gasteiger partial charge >= 0.3 is 0 Å². The van der Waals surface area contributed by atoms with Crippen LogP contribution in [0, 0.1) is 11.7 Å². The number of halogens is 1. The van der Waals surface area contributed by atoms with Crippen molar-refractivity contribution in [3.05, 3.63) is 89.8 Å². The summed E-state index contributed by atoms with van der Waals surface area (Å²) in [6.07, 6.45) is 8.76. The first-order valence-corrected chi connectivity index (χ1v) is 9.16. The van der Waals surface area contributed by atoms with Gasteiger partial charge in [-0.1, -0.05) is 42.5 Å². The minimum Gasteiger partial charge on any atom is -0.489 e. The zero-order chi connectivity index (χ0) is 17.9. The molecule has 134 valence electrons. The van der Waals surface area contributed by atoms with E-state index < -0.39 is 0 Å². The Balaban J connectivity index is 1.36. The number of allylic oxidation sites excluding steroid dienone is 3. The fourth-order valence-electron chi connectivity index (χ4n) is 3.44. The lowest BCUT2D eigenvalue weighted by Gasteiger charge is -2.21. The highest BCUT2D eigenvalue weighted by Crippen LogP contribution is 2.33. The summed E-state index contributed by atoms with van der Waals surface area (Å²) in [5.74, 6) is 1.55. The molecule has 26 heavy (non-hydrogen) atoms. The molecule has 1 heterocycles. The van der Waals surface area contributed by atoms with Gasteiger partial charge in [0.25, 0.3) is 0 Å². The molecule has 3 unspecified atom stereocenters. The maximum atomic E-state index is 14.0. The van der Waals surface area contributed by atoms with Crippen LogP contribution in [-0.2, 0) is 11.3 Å². The van der Waals surface area contributed by atoms with Crippen molar-refractivity contribution in [2.75, 3.05) is 6.61 Å². The lowest BCUT2D eigenvalue weighted by Crippen LogP contribution is -2.05. The third-order valence-electron chi connectivity index (χ3n) is 5.16. The van der Waals surface area contributed by atoms with E-state index in [4.69, 9.17) is 9.47 Å². The number of benzene rings is 2. The molecule has 1 aliphatic carbocycles. The maximum Gasteiger partial charge on any atom is 0.129 e. The zero-order valence-electron chi connectivity index (χ0n) is 14.7. The third kappa shape index (κ3) is 3.88. The van der Waals surface area contributed by atoms with Gasteiger partial charge in [-0.15, -0.1) is 6.58 Å². The lowest BCUT2D eigenvalue weighted by atomic mass is 9.84. The van der Waals surface area contributed by atoms with Gasteiger partial charge in [-0.05, 0) is 48.1 Å². The third-order valence-corrected chi connectivity index (χ3v) is 5.16. The normalized spacial score (nSPS) is 24.3. The van der Waals surface area contributed by atoms with Crippen molar-refractivity contribution in [1.29, 1.82) is 0 Å². The van der Waals surface area contributed by atoms with Crippen LogP contribution in [0.2, 0.25) is 0 Å². The number of epoxide rings is 1. The Morgan fingerprint density at radius 1 is 1.12 bits per heavy atom. The second-order valence-corrected chi connectivity index (χ2v) is 7.00. The molecule has 0 aromatic heterocycles. The van der Waals surface area contributed by atoms with Crippen LogP contribution in [-0.4, -0.2) is 6.61 Å².